The van der Waals surface area contributed by atoms with Gasteiger partial charge in [-0.2, -0.15) is 0 Å². The van der Waals surface area contributed by atoms with Gasteiger partial charge in [0.2, 0.25) is 0 Å². The molecule has 3 saturated carbocycles. The molecule has 3 rings (SSSR count). The Labute approximate surface area is 161 Å². The van der Waals surface area contributed by atoms with Gasteiger partial charge in [0.05, 0.1) is 18.9 Å². The third-order valence-electron chi connectivity index (χ3n) is 7.07. The third-order valence-corrected chi connectivity index (χ3v) is 9.56. The second-order valence-electron chi connectivity index (χ2n) is 9.08. The average Bonchev–Trinajstić information content (AvgIpc) is 2.70. The molecule has 0 aliphatic heterocycles. The fraction of sp³-hybridized carbons (Fsp3) is 1.00. The highest BCUT2D eigenvalue weighted by molar-refractivity contribution is 7.54. The minimum Gasteiger partial charge on any atom is -0.308 e. The molecule has 3 aliphatic rings. The molecule has 0 spiro atoms. The largest absolute Gasteiger partial charge is 0.333 e. The Hall–Kier alpha value is 0.150. The van der Waals surface area contributed by atoms with Crippen molar-refractivity contribution < 1.29 is 13.6 Å². The molecule has 4 heteroatoms. The molecule has 0 aromatic rings. The molecule has 3 nitrogen and oxygen atoms in total. The summed E-state index contributed by atoms with van der Waals surface area (Å²) < 4.78 is 25.8. The Bertz CT molecular complexity index is 393. The van der Waals surface area contributed by atoms with E-state index in [4.69, 9.17) is 9.05 Å². The van der Waals surface area contributed by atoms with Crippen molar-refractivity contribution in [3.8, 4) is 0 Å². The first-order valence-electron chi connectivity index (χ1n) is 11.6. The lowest BCUT2D eigenvalue weighted by molar-refractivity contribution is 0.162. The summed E-state index contributed by atoms with van der Waals surface area (Å²) in [6.45, 7) is 1.28. The molecule has 0 bridgehead atoms. The van der Waals surface area contributed by atoms with E-state index < -0.39 is 7.60 Å². The van der Waals surface area contributed by atoms with Gasteiger partial charge in [-0.15, -0.1) is 0 Å². The van der Waals surface area contributed by atoms with Crippen LogP contribution in [-0.2, 0) is 13.6 Å². The van der Waals surface area contributed by atoms with Gasteiger partial charge in [-0.05, 0) is 37.5 Å². The van der Waals surface area contributed by atoms with Crippen LogP contribution in [0.5, 0.6) is 0 Å². The molecular formula is C22H41O3P. The standard InChI is InChI=1S/C22H41O3P/c23-26(22-14-8-3-9-15-22,24-18-16-20-10-4-1-5-11-20)25-19-17-21-12-6-2-7-13-21/h20-22H,1-19H2. The molecule has 0 atom stereocenters. The van der Waals surface area contributed by atoms with Crippen molar-refractivity contribution in [3.63, 3.8) is 0 Å². The van der Waals surface area contributed by atoms with Gasteiger partial charge in [0, 0.05) is 0 Å². The van der Waals surface area contributed by atoms with Gasteiger partial charge in [-0.3, -0.25) is 4.57 Å². The number of hydrogen-bond donors (Lipinski definition) is 0. The SMILES string of the molecule is O=P(OCCC1CCCCC1)(OCCC1CCCCC1)C1CCCCC1. The molecule has 0 heterocycles. The van der Waals surface area contributed by atoms with Gasteiger partial charge in [0.25, 0.3) is 0 Å². The van der Waals surface area contributed by atoms with E-state index in [1.54, 1.807) is 0 Å². The molecule has 152 valence electrons. The van der Waals surface area contributed by atoms with Crippen LogP contribution in [0.15, 0.2) is 0 Å². The molecule has 0 N–H and O–H groups in total. The van der Waals surface area contributed by atoms with E-state index in [-0.39, 0.29) is 5.66 Å². The second-order valence-corrected chi connectivity index (χ2v) is 11.4. The quantitative estimate of drug-likeness (QED) is 0.386. The van der Waals surface area contributed by atoms with E-state index in [9.17, 15) is 4.57 Å². The van der Waals surface area contributed by atoms with Crippen LogP contribution in [0.1, 0.15) is 109 Å². The van der Waals surface area contributed by atoms with Crippen LogP contribution >= 0.6 is 7.60 Å². The van der Waals surface area contributed by atoms with Crippen molar-refractivity contribution in [3.05, 3.63) is 0 Å². The summed E-state index contributed by atoms with van der Waals surface area (Å²) in [5.74, 6) is 1.57. The van der Waals surface area contributed by atoms with Gasteiger partial charge in [-0.25, -0.2) is 0 Å². The predicted octanol–water partition coefficient (Wildman–Crippen LogP) is 7.49. The maximum absolute atomic E-state index is 13.6. The lowest BCUT2D eigenvalue weighted by Gasteiger charge is -2.31. The summed E-state index contributed by atoms with van der Waals surface area (Å²) >= 11 is 0. The summed E-state index contributed by atoms with van der Waals surface area (Å²) in [7, 11) is -2.93. The van der Waals surface area contributed by atoms with E-state index >= 15 is 0 Å². The van der Waals surface area contributed by atoms with E-state index in [0.29, 0.717) is 13.2 Å². The van der Waals surface area contributed by atoms with Crippen LogP contribution in [0.4, 0.5) is 0 Å². The molecule has 3 fully saturated rings. The number of rotatable bonds is 9. The smallest absolute Gasteiger partial charge is 0.308 e. The Balaban J connectivity index is 1.46. The highest BCUT2D eigenvalue weighted by Gasteiger charge is 2.37. The van der Waals surface area contributed by atoms with E-state index in [1.807, 2.05) is 0 Å². The normalized spacial score (nSPS) is 24.8. The molecule has 26 heavy (non-hydrogen) atoms. The molecule has 0 amide bonds. The average molecular weight is 385 g/mol. The van der Waals surface area contributed by atoms with E-state index in [0.717, 1.165) is 37.5 Å². The zero-order valence-electron chi connectivity index (χ0n) is 16.8. The first-order valence-corrected chi connectivity index (χ1v) is 13.3. The first-order chi connectivity index (χ1) is 12.8. The predicted molar refractivity (Wildman–Crippen MR) is 109 cm³/mol. The Morgan fingerprint density at radius 1 is 0.577 bits per heavy atom. The Morgan fingerprint density at radius 2 is 0.962 bits per heavy atom. The minimum absolute atomic E-state index is 0.161. The van der Waals surface area contributed by atoms with E-state index in [2.05, 4.69) is 0 Å². The van der Waals surface area contributed by atoms with Crippen LogP contribution in [-0.4, -0.2) is 18.9 Å². The van der Waals surface area contributed by atoms with Gasteiger partial charge >= 0.3 is 7.60 Å². The fourth-order valence-corrected chi connectivity index (χ4v) is 7.50. The monoisotopic (exact) mass is 384 g/mol. The molecule has 0 aromatic heterocycles. The number of hydrogen-bond acceptors (Lipinski definition) is 3. The molecule has 0 unspecified atom stereocenters. The van der Waals surface area contributed by atoms with Crippen LogP contribution in [0, 0.1) is 11.8 Å². The zero-order chi connectivity index (χ0) is 18.1. The third kappa shape index (κ3) is 6.64. The lowest BCUT2D eigenvalue weighted by atomic mass is 9.87. The van der Waals surface area contributed by atoms with Gasteiger partial charge in [0.15, 0.2) is 0 Å². The maximum Gasteiger partial charge on any atom is 0.333 e. The molecular weight excluding hydrogens is 343 g/mol. The van der Waals surface area contributed by atoms with Crippen molar-refractivity contribution in [1.82, 2.24) is 0 Å². The topological polar surface area (TPSA) is 35.5 Å². The van der Waals surface area contributed by atoms with Crippen molar-refractivity contribution in [2.75, 3.05) is 13.2 Å². The fourth-order valence-electron chi connectivity index (χ4n) is 5.29. The van der Waals surface area contributed by atoms with Crippen LogP contribution < -0.4 is 0 Å². The van der Waals surface area contributed by atoms with Crippen LogP contribution in [0.2, 0.25) is 0 Å². The zero-order valence-corrected chi connectivity index (χ0v) is 17.7. The van der Waals surface area contributed by atoms with E-state index in [1.165, 1.54) is 83.5 Å². The first kappa shape index (κ1) is 20.9. The van der Waals surface area contributed by atoms with Gasteiger partial charge < -0.3 is 9.05 Å². The van der Waals surface area contributed by atoms with Gasteiger partial charge in [-0.1, -0.05) is 83.5 Å². The van der Waals surface area contributed by atoms with Crippen molar-refractivity contribution in [2.24, 2.45) is 11.8 Å². The second kappa shape index (κ2) is 11.2. The van der Waals surface area contributed by atoms with Crippen molar-refractivity contribution >= 4 is 7.60 Å². The van der Waals surface area contributed by atoms with Crippen LogP contribution in [0.25, 0.3) is 0 Å². The summed E-state index contributed by atoms with van der Waals surface area (Å²) in [4.78, 5) is 0. The summed E-state index contributed by atoms with van der Waals surface area (Å²) in [5.41, 5.74) is 0.161. The van der Waals surface area contributed by atoms with Gasteiger partial charge in [0.1, 0.15) is 0 Å². The molecule has 3 aliphatic carbocycles. The molecule has 0 aromatic carbocycles. The summed E-state index contributed by atoms with van der Waals surface area (Å²) in [6, 6.07) is 0. The molecule has 0 radical (unpaired) electrons. The maximum atomic E-state index is 13.6. The Morgan fingerprint density at radius 3 is 1.38 bits per heavy atom. The molecule has 0 saturated heterocycles. The summed E-state index contributed by atoms with van der Waals surface area (Å²) in [6.07, 6.45) is 21.4. The van der Waals surface area contributed by atoms with Crippen LogP contribution in [0.3, 0.4) is 0 Å². The highest BCUT2D eigenvalue weighted by atomic mass is 31.2. The van der Waals surface area contributed by atoms with Crippen molar-refractivity contribution in [2.45, 2.75) is 115 Å². The minimum atomic E-state index is -2.93. The van der Waals surface area contributed by atoms with Crippen molar-refractivity contribution in [1.29, 1.82) is 0 Å². The Kier molecular flexibility index (Phi) is 9.01. The summed E-state index contributed by atoms with van der Waals surface area (Å²) in [5, 5.41) is 0. The lowest BCUT2D eigenvalue weighted by Crippen LogP contribution is -2.19. The highest BCUT2D eigenvalue weighted by Crippen LogP contribution is 2.58.